The molecule has 1 rings (SSSR count). The van der Waals surface area contributed by atoms with E-state index in [-0.39, 0.29) is 5.91 Å². The van der Waals surface area contributed by atoms with Crippen LogP contribution in [0.1, 0.15) is 33.1 Å². The molecule has 3 heteroatoms. The zero-order valence-electron chi connectivity index (χ0n) is 8.51. The Bertz CT molecular complexity index is 162. The Hall–Kier alpha value is -0.570. The van der Waals surface area contributed by atoms with Crippen LogP contribution < -0.4 is 5.32 Å². The molecular formula is C10H19NO2. The maximum absolute atomic E-state index is 11.4. The Labute approximate surface area is 79.8 Å². The van der Waals surface area contributed by atoms with E-state index in [1.54, 1.807) is 0 Å². The zero-order valence-corrected chi connectivity index (χ0v) is 8.51. The van der Waals surface area contributed by atoms with Crippen molar-refractivity contribution < 1.29 is 9.53 Å². The predicted octanol–water partition coefficient (Wildman–Crippen LogP) is 1.33. The van der Waals surface area contributed by atoms with Gasteiger partial charge in [-0.2, -0.15) is 0 Å². The summed E-state index contributed by atoms with van der Waals surface area (Å²) in [5, 5.41) is 3.03. The summed E-state index contributed by atoms with van der Waals surface area (Å²) < 4.78 is 5.21. The van der Waals surface area contributed by atoms with Crippen molar-refractivity contribution in [3.05, 3.63) is 0 Å². The van der Waals surface area contributed by atoms with Gasteiger partial charge in [-0.1, -0.05) is 13.8 Å². The number of amides is 1. The van der Waals surface area contributed by atoms with E-state index in [1.165, 1.54) is 0 Å². The van der Waals surface area contributed by atoms with Crippen molar-refractivity contribution in [1.29, 1.82) is 0 Å². The van der Waals surface area contributed by atoms with Crippen molar-refractivity contribution in [2.45, 2.75) is 39.2 Å². The molecule has 0 aromatic carbocycles. The quantitative estimate of drug-likeness (QED) is 0.720. The fourth-order valence-electron chi connectivity index (χ4n) is 1.50. The SMILES string of the molecule is CC(C)CC(=O)NC1CCOCC1. The molecule has 0 unspecified atom stereocenters. The zero-order chi connectivity index (χ0) is 9.68. The van der Waals surface area contributed by atoms with Gasteiger partial charge in [-0.3, -0.25) is 4.79 Å². The van der Waals surface area contributed by atoms with Gasteiger partial charge in [-0.15, -0.1) is 0 Å². The number of ether oxygens (including phenoxy) is 1. The first-order chi connectivity index (χ1) is 6.18. The highest BCUT2D eigenvalue weighted by Crippen LogP contribution is 2.07. The summed E-state index contributed by atoms with van der Waals surface area (Å²) in [5.74, 6) is 0.627. The van der Waals surface area contributed by atoms with Crippen molar-refractivity contribution in [2.75, 3.05) is 13.2 Å². The average Bonchev–Trinajstić information content (AvgIpc) is 2.04. The molecule has 0 radical (unpaired) electrons. The molecular weight excluding hydrogens is 166 g/mol. The van der Waals surface area contributed by atoms with E-state index < -0.39 is 0 Å². The van der Waals surface area contributed by atoms with Crippen molar-refractivity contribution in [2.24, 2.45) is 5.92 Å². The molecule has 1 amide bonds. The van der Waals surface area contributed by atoms with Crippen LogP contribution in [0.15, 0.2) is 0 Å². The highest BCUT2D eigenvalue weighted by Gasteiger charge is 2.16. The molecule has 1 N–H and O–H groups in total. The Balaban J connectivity index is 2.18. The molecule has 1 saturated heterocycles. The van der Waals surface area contributed by atoms with E-state index in [0.29, 0.717) is 18.4 Å². The van der Waals surface area contributed by atoms with Gasteiger partial charge in [0.2, 0.25) is 5.91 Å². The third-order valence-corrected chi connectivity index (χ3v) is 2.18. The predicted molar refractivity (Wildman–Crippen MR) is 51.4 cm³/mol. The van der Waals surface area contributed by atoms with Crippen molar-refractivity contribution in [1.82, 2.24) is 5.32 Å². The van der Waals surface area contributed by atoms with E-state index in [2.05, 4.69) is 19.2 Å². The standard InChI is InChI=1S/C10H19NO2/c1-8(2)7-10(12)11-9-3-5-13-6-4-9/h8-9H,3-7H2,1-2H3,(H,11,12). The summed E-state index contributed by atoms with van der Waals surface area (Å²) >= 11 is 0. The van der Waals surface area contributed by atoms with E-state index in [1.807, 2.05) is 0 Å². The summed E-state index contributed by atoms with van der Waals surface area (Å²) in [6.07, 6.45) is 2.56. The molecule has 0 saturated carbocycles. The van der Waals surface area contributed by atoms with Gasteiger partial charge in [0.15, 0.2) is 0 Å². The molecule has 76 valence electrons. The minimum Gasteiger partial charge on any atom is -0.381 e. The van der Waals surface area contributed by atoms with Crippen molar-refractivity contribution in [3.63, 3.8) is 0 Å². The molecule has 13 heavy (non-hydrogen) atoms. The molecule has 0 aliphatic carbocycles. The second kappa shape index (κ2) is 5.22. The van der Waals surface area contributed by atoms with Crippen LogP contribution >= 0.6 is 0 Å². The van der Waals surface area contributed by atoms with Crippen LogP contribution in [0.5, 0.6) is 0 Å². The lowest BCUT2D eigenvalue weighted by atomic mass is 10.1. The summed E-state index contributed by atoms with van der Waals surface area (Å²) in [4.78, 5) is 11.4. The molecule has 1 fully saturated rings. The van der Waals surface area contributed by atoms with Crippen LogP contribution in [0.25, 0.3) is 0 Å². The van der Waals surface area contributed by atoms with Gasteiger partial charge in [-0.25, -0.2) is 0 Å². The maximum Gasteiger partial charge on any atom is 0.220 e. The average molecular weight is 185 g/mol. The van der Waals surface area contributed by atoms with Crippen molar-refractivity contribution >= 4 is 5.91 Å². The second-order valence-electron chi connectivity index (χ2n) is 4.05. The van der Waals surface area contributed by atoms with E-state index >= 15 is 0 Å². The minimum atomic E-state index is 0.182. The highest BCUT2D eigenvalue weighted by atomic mass is 16.5. The lowest BCUT2D eigenvalue weighted by Gasteiger charge is -2.23. The minimum absolute atomic E-state index is 0.182. The largest absolute Gasteiger partial charge is 0.381 e. The smallest absolute Gasteiger partial charge is 0.220 e. The number of rotatable bonds is 3. The molecule has 0 aromatic heterocycles. The summed E-state index contributed by atoms with van der Waals surface area (Å²) in [6, 6.07) is 0.347. The molecule has 0 bridgehead atoms. The van der Waals surface area contributed by atoms with Crippen molar-refractivity contribution in [3.8, 4) is 0 Å². The Morgan fingerprint density at radius 3 is 2.62 bits per heavy atom. The number of hydrogen-bond acceptors (Lipinski definition) is 2. The third-order valence-electron chi connectivity index (χ3n) is 2.18. The van der Waals surface area contributed by atoms with Gasteiger partial charge in [0.1, 0.15) is 0 Å². The number of carbonyl (C=O) groups excluding carboxylic acids is 1. The number of carbonyl (C=O) groups is 1. The van der Waals surface area contributed by atoms with Crippen LogP contribution in [0.2, 0.25) is 0 Å². The number of nitrogens with one attached hydrogen (secondary N) is 1. The molecule has 0 atom stereocenters. The van der Waals surface area contributed by atoms with Gasteiger partial charge in [0.05, 0.1) is 0 Å². The summed E-state index contributed by atoms with van der Waals surface area (Å²) in [6.45, 7) is 5.69. The van der Waals surface area contributed by atoms with Crippen LogP contribution in [0.4, 0.5) is 0 Å². The summed E-state index contributed by atoms with van der Waals surface area (Å²) in [7, 11) is 0. The van der Waals surface area contributed by atoms with Gasteiger partial charge in [0, 0.05) is 25.7 Å². The van der Waals surface area contributed by atoms with Gasteiger partial charge in [0.25, 0.3) is 0 Å². The lowest BCUT2D eigenvalue weighted by molar-refractivity contribution is -0.123. The Morgan fingerprint density at radius 1 is 1.46 bits per heavy atom. The van der Waals surface area contributed by atoms with E-state index in [0.717, 1.165) is 26.1 Å². The molecule has 0 aromatic rings. The first-order valence-electron chi connectivity index (χ1n) is 5.05. The van der Waals surface area contributed by atoms with Gasteiger partial charge in [-0.05, 0) is 18.8 Å². The topological polar surface area (TPSA) is 38.3 Å². The summed E-state index contributed by atoms with van der Waals surface area (Å²) in [5.41, 5.74) is 0. The normalized spacial score (nSPS) is 19.0. The van der Waals surface area contributed by atoms with E-state index in [4.69, 9.17) is 4.74 Å². The lowest BCUT2D eigenvalue weighted by Crippen LogP contribution is -2.39. The highest BCUT2D eigenvalue weighted by molar-refractivity contribution is 5.76. The van der Waals surface area contributed by atoms with Crippen LogP contribution in [0.3, 0.4) is 0 Å². The third kappa shape index (κ3) is 4.27. The van der Waals surface area contributed by atoms with E-state index in [9.17, 15) is 4.79 Å². The molecule has 1 aliphatic heterocycles. The molecule has 1 heterocycles. The molecule has 1 aliphatic rings. The fraction of sp³-hybridized carbons (Fsp3) is 0.900. The Kier molecular flexibility index (Phi) is 4.22. The number of hydrogen-bond donors (Lipinski definition) is 1. The Morgan fingerprint density at radius 2 is 2.08 bits per heavy atom. The first-order valence-corrected chi connectivity index (χ1v) is 5.05. The second-order valence-corrected chi connectivity index (χ2v) is 4.05. The molecule has 3 nitrogen and oxygen atoms in total. The fourth-order valence-corrected chi connectivity index (χ4v) is 1.50. The van der Waals surface area contributed by atoms with Crippen LogP contribution in [0, 0.1) is 5.92 Å². The van der Waals surface area contributed by atoms with Gasteiger partial charge >= 0.3 is 0 Å². The van der Waals surface area contributed by atoms with Crippen LogP contribution in [-0.4, -0.2) is 25.2 Å². The van der Waals surface area contributed by atoms with Crippen LogP contribution in [-0.2, 0) is 9.53 Å². The van der Waals surface area contributed by atoms with Gasteiger partial charge < -0.3 is 10.1 Å². The first kappa shape index (κ1) is 10.5. The molecule has 0 spiro atoms. The monoisotopic (exact) mass is 185 g/mol. The maximum atomic E-state index is 11.4.